The molecule has 0 unspecified atom stereocenters. The van der Waals surface area contributed by atoms with Crippen molar-refractivity contribution in [3.63, 3.8) is 0 Å². The van der Waals surface area contributed by atoms with Crippen LogP contribution in [0.2, 0.25) is 0 Å². The number of hydrogen-bond acceptors (Lipinski definition) is 7. The van der Waals surface area contributed by atoms with E-state index < -0.39 is 11.4 Å². The van der Waals surface area contributed by atoms with Gasteiger partial charge in [0.1, 0.15) is 17.4 Å². The molecule has 2 spiro atoms. The maximum Gasteiger partial charge on any atom is 2.00 e. The topological polar surface area (TPSA) is 91.3 Å². The monoisotopic (exact) mass is 814 g/mol. The molecule has 53 heavy (non-hydrogen) atoms. The van der Waals surface area contributed by atoms with E-state index in [2.05, 4.69) is 37.3 Å². The van der Waals surface area contributed by atoms with Crippen molar-refractivity contribution in [3.8, 4) is 0 Å². The summed E-state index contributed by atoms with van der Waals surface area (Å²) < 4.78 is 47.0. The van der Waals surface area contributed by atoms with Gasteiger partial charge in [-0.15, -0.1) is 12.1 Å². The number of aryl methyl sites for hydroxylation is 1. The van der Waals surface area contributed by atoms with Crippen LogP contribution < -0.4 is 17.0 Å². The first kappa shape index (κ1) is 47.0. The van der Waals surface area contributed by atoms with Crippen molar-refractivity contribution in [1.29, 1.82) is 0 Å². The first-order chi connectivity index (χ1) is 24.1. The second kappa shape index (κ2) is 22.4. The largest absolute Gasteiger partial charge is 2.00 e. The van der Waals surface area contributed by atoms with Gasteiger partial charge in [-0.2, -0.15) is 18.2 Å². The minimum Gasteiger partial charge on any atom is -1.00 e. The average Bonchev–Trinajstić information content (AvgIpc) is 3.80. The normalized spacial score (nSPS) is 20.8. The van der Waals surface area contributed by atoms with Crippen LogP contribution in [0.4, 0.5) is 13.5 Å². The molecule has 2 saturated heterocycles. The zero-order chi connectivity index (χ0) is 35.5. The Bertz CT molecular complexity index is 1480. The summed E-state index contributed by atoms with van der Waals surface area (Å²) in [6.07, 6.45) is 8.93. The number of carbonyl (C=O) groups is 2. The summed E-state index contributed by atoms with van der Waals surface area (Å²) in [6, 6.07) is 23.3. The molecule has 0 atom stereocenters. The molecule has 8 rings (SSSR count). The number of rotatable bonds is 2. The molecule has 3 saturated carbocycles. The van der Waals surface area contributed by atoms with Gasteiger partial charge < -0.3 is 41.0 Å². The van der Waals surface area contributed by atoms with Crippen molar-refractivity contribution in [3.05, 3.63) is 107 Å². The van der Waals surface area contributed by atoms with Crippen LogP contribution in [0, 0.1) is 24.6 Å². The van der Waals surface area contributed by atoms with E-state index in [9.17, 15) is 23.5 Å². The molecule has 2 heterocycles. The van der Waals surface area contributed by atoms with Crippen LogP contribution >= 0.6 is 0 Å². The first-order valence-electron chi connectivity index (χ1n) is 17.8. The van der Waals surface area contributed by atoms with Crippen molar-refractivity contribution in [2.45, 2.75) is 107 Å². The summed E-state index contributed by atoms with van der Waals surface area (Å²) in [5.41, 5.74) is 2.61. The van der Waals surface area contributed by atoms with Gasteiger partial charge in [0.15, 0.2) is 11.6 Å². The predicted octanol–water partition coefficient (Wildman–Crippen LogP) is 4.83. The smallest absolute Gasteiger partial charge is 1.00 e. The Morgan fingerprint density at radius 3 is 1.53 bits per heavy atom. The minimum absolute atomic E-state index is 0. The van der Waals surface area contributed by atoms with Gasteiger partial charge >= 0.3 is 23.1 Å². The van der Waals surface area contributed by atoms with E-state index in [1.807, 2.05) is 0 Å². The molecule has 3 aromatic carbocycles. The van der Waals surface area contributed by atoms with Crippen LogP contribution in [0.25, 0.3) is 0 Å². The molecule has 5 fully saturated rings. The van der Waals surface area contributed by atoms with Crippen LogP contribution in [0.3, 0.4) is 0 Å². The predicted molar refractivity (Wildman–Crippen MR) is 192 cm³/mol. The quantitative estimate of drug-likeness (QED) is 0.293. The molecule has 3 aliphatic carbocycles. The van der Waals surface area contributed by atoms with Crippen molar-refractivity contribution in [2.24, 2.45) is 0 Å². The first-order valence-corrected chi connectivity index (χ1v) is 17.8. The Kier molecular flexibility index (Phi) is 19.9. The molecular weight excluding hydrogens is 766 g/mol. The van der Waals surface area contributed by atoms with E-state index in [4.69, 9.17) is 18.9 Å². The molecule has 0 bridgehead atoms. The SMILES string of the molecule is Cc1ccc(C2CCC(=O)CC2)cc1.F.Fc1cc[c-]cc1.O=C1CCC2(CC1)OCCO2.OC1(c2ccc(F)cc2)CCC2(CC1)OCCO2.[Br-].[Mg+2]. The van der Waals surface area contributed by atoms with Gasteiger partial charge in [-0.05, 0) is 61.8 Å². The third kappa shape index (κ3) is 14.1. The number of aliphatic hydroxyl groups is 1. The second-order valence-electron chi connectivity index (χ2n) is 13.7. The Balaban J connectivity index is 0.000000251. The van der Waals surface area contributed by atoms with Crippen molar-refractivity contribution < 1.29 is 64.1 Å². The summed E-state index contributed by atoms with van der Waals surface area (Å²) >= 11 is 0. The fourth-order valence-corrected chi connectivity index (χ4v) is 7.05. The Morgan fingerprint density at radius 1 is 0.642 bits per heavy atom. The number of Topliss-reactive ketones (excluding diaryl/α,β-unsaturated/α-hetero) is 2. The van der Waals surface area contributed by atoms with Crippen LogP contribution in [-0.4, -0.2) is 77.7 Å². The third-order valence-electron chi connectivity index (χ3n) is 10.2. The number of carbonyl (C=O) groups excluding carboxylic acids is 2. The maximum absolute atomic E-state index is 12.9. The third-order valence-corrected chi connectivity index (χ3v) is 10.2. The molecule has 0 aromatic heterocycles. The van der Waals surface area contributed by atoms with Gasteiger partial charge in [-0.3, -0.25) is 14.3 Å². The van der Waals surface area contributed by atoms with Crippen LogP contribution in [0.5, 0.6) is 0 Å². The van der Waals surface area contributed by atoms with Crippen molar-refractivity contribution >= 4 is 34.6 Å². The zero-order valence-corrected chi connectivity index (χ0v) is 33.5. The molecule has 5 aliphatic rings. The van der Waals surface area contributed by atoms with E-state index in [1.54, 1.807) is 12.1 Å². The van der Waals surface area contributed by atoms with Gasteiger partial charge in [0.2, 0.25) is 0 Å². The zero-order valence-electron chi connectivity index (χ0n) is 30.5. The number of ketones is 2. The number of halogens is 4. The molecule has 7 nitrogen and oxygen atoms in total. The molecule has 2 aliphatic heterocycles. The van der Waals surface area contributed by atoms with E-state index in [1.165, 1.54) is 47.5 Å². The molecule has 286 valence electrons. The number of hydrogen-bond donors (Lipinski definition) is 1. The van der Waals surface area contributed by atoms with Crippen molar-refractivity contribution in [1.82, 2.24) is 0 Å². The standard InChI is InChI=1S/C14H17FO3.C13H16O.C8H12O3.C6H4F.BrH.FH.Mg/c15-12-3-1-11(2-4-12)13(16)5-7-14(8-6-13)17-9-10-18-14;1-10-2-4-11(5-3-10)12-6-8-13(14)9-7-12;9-7-1-3-8(4-2-7)10-5-6-11-8;7-6-4-2-1-3-5-6;;;/h1-4,16H,5-10H2;2-5,12H,6-9H2,1H3;1-6H2;2-5H;2*1H;/q;;;-1;;;+2/p-1. The number of benzene rings is 3. The van der Waals surface area contributed by atoms with Gasteiger partial charge in [0.25, 0.3) is 0 Å². The van der Waals surface area contributed by atoms with Gasteiger partial charge in [0.05, 0.1) is 32.0 Å². The molecule has 0 radical (unpaired) electrons. The Hall–Kier alpha value is -2.16. The summed E-state index contributed by atoms with van der Waals surface area (Å²) in [6.45, 7) is 4.75. The fourth-order valence-electron chi connectivity index (χ4n) is 7.05. The molecule has 12 heteroatoms. The summed E-state index contributed by atoms with van der Waals surface area (Å²) in [4.78, 5) is 22.0. The van der Waals surface area contributed by atoms with Gasteiger partial charge in [-0.25, -0.2) is 8.78 Å². The van der Waals surface area contributed by atoms with Crippen LogP contribution in [-0.2, 0) is 34.1 Å². The average molecular weight is 816 g/mol. The molecule has 3 aromatic rings. The molecular formula is C41H50BrF3MgO7. The fraction of sp³-hybridized carbons (Fsp3) is 0.512. The van der Waals surface area contributed by atoms with E-state index >= 15 is 0 Å². The van der Waals surface area contributed by atoms with Crippen LogP contribution in [0.1, 0.15) is 99.7 Å². The van der Waals surface area contributed by atoms with Gasteiger partial charge in [-0.1, -0.05) is 42.0 Å². The Labute approximate surface area is 337 Å². The minimum atomic E-state index is -0.881. The summed E-state index contributed by atoms with van der Waals surface area (Å²) in [7, 11) is 0. The Morgan fingerprint density at radius 2 is 1.08 bits per heavy atom. The number of ether oxygens (including phenoxy) is 4. The summed E-state index contributed by atoms with van der Waals surface area (Å²) in [5.74, 6) is 0.0624. The second-order valence-corrected chi connectivity index (χ2v) is 13.7. The van der Waals surface area contributed by atoms with E-state index in [-0.39, 0.29) is 62.2 Å². The summed E-state index contributed by atoms with van der Waals surface area (Å²) in [5, 5.41) is 10.6. The maximum atomic E-state index is 12.9. The van der Waals surface area contributed by atoms with Gasteiger partial charge in [0, 0.05) is 57.2 Å². The van der Waals surface area contributed by atoms with E-state index in [0.717, 1.165) is 44.1 Å². The van der Waals surface area contributed by atoms with Crippen molar-refractivity contribution in [2.75, 3.05) is 26.4 Å². The van der Waals surface area contributed by atoms with E-state index in [0.29, 0.717) is 82.4 Å². The molecule has 0 amide bonds. The van der Waals surface area contributed by atoms with Crippen LogP contribution in [0.15, 0.2) is 72.8 Å². The molecule has 1 N–H and O–H groups in total.